The molecule has 0 aliphatic heterocycles. The first-order chi connectivity index (χ1) is 8.31. The lowest BCUT2D eigenvalue weighted by atomic mass is 10.1. The quantitative estimate of drug-likeness (QED) is 0.576. The molecule has 2 aromatic rings. The van der Waals surface area contributed by atoms with Crippen LogP contribution in [0.4, 0.5) is 0 Å². The van der Waals surface area contributed by atoms with E-state index in [-0.39, 0.29) is 0 Å². The van der Waals surface area contributed by atoms with Crippen molar-refractivity contribution in [2.24, 2.45) is 0 Å². The van der Waals surface area contributed by atoms with E-state index < -0.39 is 0 Å². The lowest BCUT2D eigenvalue weighted by Crippen LogP contribution is -1.97. The van der Waals surface area contributed by atoms with Crippen LogP contribution in [0.2, 0.25) is 5.15 Å². The fourth-order valence-electron chi connectivity index (χ4n) is 1.96. The number of halogens is 1. The van der Waals surface area contributed by atoms with Crippen LogP contribution >= 0.6 is 11.6 Å². The molecule has 4 heteroatoms. The van der Waals surface area contributed by atoms with Crippen LogP contribution in [0.1, 0.15) is 44.7 Å². The Morgan fingerprint density at radius 2 is 2.06 bits per heavy atom. The third-order valence-corrected chi connectivity index (χ3v) is 3.17. The Morgan fingerprint density at radius 3 is 2.88 bits per heavy atom. The molecule has 3 nitrogen and oxygen atoms in total. The van der Waals surface area contributed by atoms with Gasteiger partial charge in [0.15, 0.2) is 5.65 Å². The normalized spacial score (nSPS) is 11.2. The number of rotatable bonds is 6. The molecule has 0 fully saturated rings. The highest BCUT2D eigenvalue weighted by Gasteiger charge is 2.04. The first-order valence-electron chi connectivity index (χ1n) is 6.30. The van der Waals surface area contributed by atoms with Gasteiger partial charge in [-0.3, -0.25) is 0 Å². The van der Waals surface area contributed by atoms with Gasteiger partial charge in [0.2, 0.25) is 0 Å². The second-order valence-corrected chi connectivity index (χ2v) is 4.72. The summed E-state index contributed by atoms with van der Waals surface area (Å²) in [5.41, 5.74) is 1.90. The predicted octanol–water partition coefficient (Wildman–Crippen LogP) is 3.90. The van der Waals surface area contributed by atoms with Crippen molar-refractivity contribution in [2.75, 3.05) is 0 Å². The predicted molar refractivity (Wildman–Crippen MR) is 70.5 cm³/mol. The average Bonchev–Trinajstić information content (AvgIpc) is 2.77. The summed E-state index contributed by atoms with van der Waals surface area (Å²) in [5.74, 6) is 0. The number of aryl methyl sites for hydroxylation is 1. The number of nitrogens with zero attached hydrogens (tertiary/aromatic N) is 3. The van der Waals surface area contributed by atoms with E-state index in [0.29, 0.717) is 5.15 Å². The van der Waals surface area contributed by atoms with Gasteiger partial charge in [0.25, 0.3) is 0 Å². The van der Waals surface area contributed by atoms with Crippen molar-refractivity contribution in [1.29, 1.82) is 0 Å². The topological polar surface area (TPSA) is 30.2 Å². The monoisotopic (exact) mass is 251 g/mol. The zero-order valence-corrected chi connectivity index (χ0v) is 11.0. The van der Waals surface area contributed by atoms with Crippen LogP contribution in [-0.4, -0.2) is 14.6 Å². The highest BCUT2D eigenvalue weighted by Crippen LogP contribution is 2.14. The molecule has 0 saturated heterocycles. The minimum absolute atomic E-state index is 0.642. The molecule has 0 N–H and O–H groups in total. The van der Waals surface area contributed by atoms with Crippen molar-refractivity contribution in [2.45, 2.75) is 45.4 Å². The van der Waals surface area contributed by atoms with Crippen molar-refractivity contribution in [3.05, 3.63) is 29.2 Å². The molecule has 92 valence electrons. The molecule has 0 radical (unpaired) electrons. The molecule has 0 unspecified atom stereocenters. The summed E-state index contributed by atoms with van der Waals surface area (Å²) >= 11 is 6.13. The first kappa shape index (κ1) is 12.4. The van der Waals surface area contributed by atoms with Crippen LogP contribution in [0.15, 0.2) is 18.3 Å². The summed E-state index contributed by atoms with van der Waals surface area (Å²) in [6.07, 6.45) is 9.12. The lowest BCUT2D eigenvalue weighted by molar-refractivity contribution is 0.628. The summed E-state index contributed by atoms with van der Waals surface area (Å²) in [6, 6.07) is 3.80. The fourth-order valence-corrected chi connectivity index (χ4v) is 2.22. The van der Waals surface area contributed by atoms with Gasteiger partial charge < -0.3 is 0 Å². The SMILES string of the molecule is CCCCCCCc1cc(Cl)n2nccc2n1. The molecule has 17 heavy (non-hydrogen) atoms. The average molecular weight is 252 g/mol. The van der Waals surface area contributed by atoms with Crippen molar-refractivity contribution in [3.8, 4) is 0 Å². The van der Waals surface area contributed by atoms with Gasteiger partial charge in [-0.2, -0.15) is 5.10 Å². The van der Waals surface area contributed by atoms with Gasteiger partial charge in [0.05, 0.1) is 6.20 Å². The van der Waals surface area contributed by atoms with Crippen LogP contribution in [0, 0.1) is 0 Å². The van der Waals surface area contributed by atoms with Gasteiger partial charge in [0.1, 0.15) is 5.15 Å². The molecule has 0 amide bonds. The molecular formula is C13H18ClN3. The molecule has 2 rings (SSSR count). The number of hydrogen-bond acceptors (Lipinski definition) is 2. The first-order valence-corrected chi connectivity index (χ1v) is 6.68. The van der Waals surface area contributed by atoms with Crippen LogP contribution in [0.5, 0.6) is 0 Å². The van der Waals surface area contributed by atoms with Gasteiger partial charge in [-0.15, -0.1) is 0 Å². The molecule has 0 saturated carbocycles. The second-order valence-electron chi connectivity index (χ2n) is 4.34. The van der Waals surface area contributed by atoms with E-state index in [1.165, 1.54) is 32.1 Å². The van der Waals surface area contributed by atoms with Crippen molar-refractivity contribution in [1.82, 2.24) is 14.6 Å². The van der Waals surface area contributed by atoms with Crippen molar-refractivity contribution in [3.63, 3.8) is 0 Å². The fraction of sp³-hybridized carbons (Fsp3) is 0.538. The lowest BCUT2D eigenvalue weighted by Gasteiger charge is -2.03. The molecule has 2 aromatic heterocycles. The molecule has 0 aliphatic rings. The number of aromatic nitrogens is 3. The summed E-state index contributed by atoms with van der Waals surface area (Å²) in [7, 11) is 0. The maximum atomic E-state index is 6.13. The summed E-state index contributed by atoms with van der Waals surface area (Å²) in [4.78, 5) is 4.53. The van der Waals surface area contributed by atoms with E-state index >= 15 is 0 Å². The Balaban J connectivity index is 1.94. The van der Waals surface area contributed by atoms with E-state index in [9.17, 15) is 0 Å². The Labute approximate surface area is 107 Å². The van der Waals surface area contributed by atoms with Gasteiger partial charge >= 0.3 is 0 Å². The summed E-state index contributed by atoms with van der Waals surface area (Å²) in [5, 5.41) is 4.74. The van der Waals surface area contributed by atoms with Gasteiger partial charge in [-0.1, -0.05) is 44.2 Å². The smallest absolute Gasteiger partial charge is 0.156 e. The van der Waals surface area contributed by atoms with E-state index in [2.05, 4.69) is 17.0 Å². The largest absolute Gasteiger partial charge is 0.233 e. The molecular weight excluding hydrogens is 234 g/mol. The number of hydrogen-bond donors (Lipinski definition) is 0. The van der Waals surface area contributed by atoms with Crippen molar-refractivity contribution >= 4 is 17.2 Å². The maximum Gasteiger partial charge on any atom is 0.156 e. The number of fused-ring (bicyclic) bond motifs is 1. The zero-order chi connectivity index (χ0) is 12.1. The molecule has 0 bridgehead atoms. The minimum atomic E-state index is 0.642. The Hall–Kier alpha value is -1.09. The second kappa shape index (κ2) is 6.01. The van der Waals surface area contributed by atoms with E-state index in [1.807, 2.05) is 12.1 Å². The van der Waals surface area contributed by atoms with Crippen LogP contribution in [-0.2, 0) is 6.42 Å². The Kier molecular flexibility index (Phi) is 4.37. The van der Waals surface area contributed by atoms with Gasteiger partial charge in [-0.05, 0) is 18.9 Å². The third kappa shape index (κ3) is 3.19. The maximum absolute atomic E-state index is 6.13. The molecule has 2 heterocycles. The van der Waals surface area contributed by atoms with Crippen LogP contribution < -0.4 is 0 Å². The van der Waals surface area contributed by atoms with E-state index in [4.69, 9.17) is 11.6 Å². The molecule has 0 aliphatic carbocycles. The molecule has 0 aromatic carbocycles. The third-order valence-electron chi connectivity index (χ3n) is 2.91. The summed E-state index contributed by atoms with van der Waals surface area (Å²) in [6.45, 7) is 2.23. The molecule has 0 atom stereocenters. The zero-order valence-electron chi connectivity index (χ0n) is 10.2. The van der Waals surface area contributed by atoms with Crippen LogP contribution in [0.25, 0.3) is 5.65 Å². The van der Waals surface area contributed by atoms with Gasteiger partial charge in [0, 0.05) is 11.8 Å². The highest BCUT2D eigenvalue weighted by molar-refractivity contribution is 6.29. The number of unbranched alkanes of at least 4 members (excludes halogenated alkanes) is 4. The summed E-state index contributed by atoms with van der Waals surface area (Å²) < 4.78 is 1.65. The van der Waals surface area contributed by atoms with E-state index in [0.717, 1.165) is 17.8 Å². The Morgan fingerprint density at radius 1 is 1.24 bits per heavy atom. The van der Waals surface area contributed by atoms with Crippen LogP contribution in [0.3, 0.4) is 0 Å². The van der Waals surface area contributed by atoms with E-state index in [1.54, 1.807) is 10.7 Å². The van der Waals surface area contributed by atoms with Crippen molar-refractivity contribution < 1.29 is 0 Å². The molecule has 0 spiro atoms. The standard InChI is InChI=1S/C13H18ClN3/c1-2-3-4-5-6-7-11-10-12(14)17-13(16-11)8-9-15-17/h8-10H,2-7H2,1H3. The highest BCUT2D eigenvalue weighted by atomic mass is 35.5. The minimum Gasteiger partial charge on any atom is -0.233 e. The Bertz CT molecular complexity index is 478. The van der Waals surface area contributed by atoms with Gasteiger partial charge in [-0.25, -0.2) is 9.50 Å².